The van der Waals surface area contributed by atoms with Gasteiger partial charge in [0, 0.05) is 18.0 Å². The van der Waals surface area contributed by atoms with Crippen molar-refractivity contribution in [2.75, 3.05) is 19.4 Å². The van der Waals surface area contributed by atoms with Gasteiger partial charge in [0.25, 0.3) is 0 Å². The molecule has 0 aromatic heterocycles. The van der Waals surface area contributed by atoms with Gasteiger partial charge in [-0.1, -0.05) is 30.3 Å². The number of benzene rings is 2. The average Bonchev–Trinajstić information content (AvgIpc) is 2.59. The van der Waals surface area contributed by atoms with Gasteiger partial charge in [0.15, 0.2) is 0 Å². The summed E-state index contributed by atoms with van der Waals surface area (Å²) in [4.78, 5) is 15.4. The van der Waals surface area contributed by atoms with E-state index >= 15 is 0 Å². The number of ether oxygens (including phenoxy) is 1. The van der Waals surface area contributed by atoms with Crippen LogP contribution in [0, 0.1) is 0 Å². The Labute approximate surface area is 135 Å². The van der Waals surface area contributed by atoms with Crippen molar-refractivity contribution in [3.8, 4) is 5.75 Å². The summed E-state index contributed by atoms with van der Waals surface area (Å²) in [7, 11) is 1.65. The molecule has 0 unspecified atom stereocenters. The number of thioether (sulfide) groups is 1. The minimum atomic E-state index is 0.197. The molecule has 0 bridgehead atoms. The fourth-order valence-electron chi connectivity index (χ4n) is 2.64. The topological polar surface area (TPSA) is 29.5 Å². The second-order valence-electron chi connectivity index (χ2n) is 5.30. The van der Waals surface area contributed by atoms with Crippen LogP contribution in [-0.2, 0) is 17.8 Å². The standard InChI is InChI=1S/C18H19NO2S/c1-21-16-7-4-8-17(11-16)22-13-18(20)19-10-9-14-5-2-3-6-15(14)12-19/h2-8,11H,9-10,12-13H2,1H3. The lowest BCUT2D eigenvalue weighted by Gasteiger charge is -2.28. The normalized spacial score (nSPS) is 13.6. The van der Waals surface area contributed by atoms with Gasteiger partial charge < -0.3 is 9.64 Å². The van der Waals surface area contributed by atoms with Gasteiger partial charge in [-0.15, -0.1) is 11.8 Å². The number of nitrogens with zero attached hydrogens (tertiary/aromatic N) is 1. The maximum absolute atomic E-state index is 12.4. The molecule has 4 heteroatoms. The highest BCUT2D eigenvalue weighted by Gasteiger charge is 2.20. The van der Waals surface area contributed by atoms with Crippen molar-refractivity contribution in [2.45, 2.75) is 17.9 Å². The Morgan fingerprint density at radius 2 is 2.00 bits per heavy atom. The van der Waals surface area contributed by atoms with Crippen molar-refractivity contribution in [1.82, 2.24) is 4.90 Å². The van der Waals surface area contributed by atoms with Crippen LogP contribution in [0.2, 0.25) is 0 Å². The fourth-order valence-corrected chi connectivity index (χ4v) is 3.48. The maximum Gasteiger partial charge on any atom is 0.233 e. The molecule has 114 valence electrons. The number of methoxy groups -OCH3 is 1. The Kier molecular flexibility index (Phi) is 4.68. The van der Waals surface area contributed by atoms with Crippen LogP contribution < -0.4 is 4.74 Å². The second-order valence-corrected chi connectivity index (χ2v) is 6.35. The maximum atomic E-state index is 12.4. The number of amides is 1. The quantitative estimate of drug-likeness (QED) is 0.811. The first-order valence-electron chi connectivity index (χ1n) is 7.37. The first kappa shape index (κ1) is 15.0. The first-order chi connectivity index (χ1) is 10.8. The predicted molar refractivity (Wildman–Crippen MR) is 89.3 cm³/mol. The molecule has 0 atom stereocenters. The number of carbonyl (C=O) groups excluding carboxylic acids is 1. The van der Waals surface area contributed by atoms with Gasteiger partial charge in [0.2, 0.25) is 5.91 Å². The van der Waals surface area contributed by atoms with Crippen LogP contribution in [0.3, 0.4) is 0 Å². The molecular formula is C18H19NO2S. The monoisotopic (exact) mass is 313 g/mol. The molecule has 0 spiro atoms. The van der Waals surface area contributed by atoms with Crippen LogP contribution >= 0.6 is 11.8 Å². The summed E-state index contributed by atoms with van der Waals surface area (Å²) in [5, 5.41) is 0. The zero-order valence-electron chi connectivity index (χ0n) is 12.6. The van der Waals surface area contributed by atoms with Crippen LogP contribution in [0.25, 0.3) is 0 Å². The van der Waals surface area contributed by atoms with Crippen LogP contribution in [0.4, 0.5) is 0 Å². The van der Waals surface area contributed by atoms with E-state index in [1.165, 1.54) is 11.1 Å². The molecule has 0 radical (unpaired) electrons. The van der Waals surface area contributed by atoms with Gasteiger partial charge in [0.1, 0.15) is 5.75 Å². The summed E-state index contributed by atoms with van der Waals surface area (Å²) in [6, 6.07) is 16.2. The lowest BCUT2D eigenvalue weighted by molar-refractivity contribution is -0.129. The van der Waals surface area contributed by atoms with Gasteiger partial charge in [-0.3, -0.25) is 4.79 Å². The molecule has 1 aliphatic heterocycles. The molecular weight excluding hydrogens is 294 g/mol. The molecule has 0 aliphatic carbocycles. The van der Waals surface area contributed by atoms with Crippen LogP contribution in [-0.4, -0.2) is 30.2 Å². The Morgan fingerprint density at radius 3 is 2.82 bits per heavy atom. The van der Waals surface area contributed by atoms with E-state index in [0.717, 1.165) is 30.2 Å². The summed E-state index contributed by atoms with van der Waals surface area (Å²) < 4.78 is 5.21. The molecule has 0 N–H and O–H groups in total. The van der Waals surface area contributed by atoms with Crippen molar-refractivity contribution in [2.24, 2.45) is 0 Å². The molecule has 1 amide bonds. The molecule has 22 heavy (non-hydrogen) atoms. The average molecular weight is 313 g/mol. The van der Waals surface area contributed by atoms with E-state index < -0.39 is 0 Å². The molecule has 0 fully saturated rings. The van der Waals surface area contributed by atoms with E-state index in [1.807, 2.05) is 35.2 Å². The van der Waals surface area contributed by atoms with Crippen molar-refractivity contribution in [3.05, 3.63) is 59.7 Å². The summed E-state index contributed by atoms with van der Waals surface area (Å²) in [5.41, 5.74) is 2.64. The third-order valence-corrected chi connectivity index (χ3v) is 4.87. The fraction of sp³-hybridized carbons (Fsp3) is 0.278. The molecule has 2 aromatic rings. The zero-order valence-corrected chi connectivity index (χ0v) is 13.4. The Bertz CT molecular complexity index is 672. The van der Waals surface area contributed by atoms with E-state index in [1.54, 1.807) is 18.9 Å². The number of hydrogen-bond donors (Lipinski definition) is 0. The van der Waals surface area contributed by atoms with E-state index in [4.69, 9.17) is 4.74 Å². The van der Waals surface area contributed by atoms with Gasteiger partial charge in [-0.05, 0) is 35.7 Å². The highest BCUT2D eigenvalue weighted by atomic mass is 32.2. The molecule has 0 saturated heterocycles. The van der Waals surface area contributed by atoms with E-state index in [0.29, 0.717) is 5.75 Å². The van der Waals surface area contributed by atoms with Crippen LogP contribution in [0.5, 0.6) is 5.75 Å². The van der Waals surface area contributed by atoms with Gasteiger partial charge in [0.05, 0.1) is 12.9 Å². The molecule has 3 nitrogen and oxygen atoms in total. The van der Waals surface area contributed by atoms with Crippen LogP contribution in [0.1, 0.15) is 11.1 Å². The summed E-state index contributed by atoms with van der Waals surface area (Å²) in [6.07, 6.45) is 0.950. The second kappa shape index (κ2) is 6.88. The Morgan fingerprint density at radius 1 is 1.18 bits per heavy atom. The van der Waals surface area contributed by atoms with Gasteiger partial charge >= 0.3 is 0 Å². The number of carbonyl (C=O) groups is 1. The van der Waals surface area contributed by atoms with E-state index in [-0.39, 0.29) is 5.91 Å². The lowest BCUT2D eigenvalue weighted by Crippen LogP contribution is -2.37. The SMILES string of the molecule is COc1cccc(SCC(=O)N2CCc3ccccc3C2)c1. The van der Waals surface area contributed by atoms with Gasteiger partial charge in [-0.2, -0.15) is 0 Å². The number of rotatable bonds is 4. The van der Waals surface area contributed by atoms with Crippen molar-refractivity contribution < 1.29 is 9.53 Å². The smallest absolute Gasteiger partial charge is 0.233 e. The first-order valence-corrected chi connectivity index (χ1v) is 8.36. The van der Waals surface area contributed by atoms with Crippen molar-refractivity contribution in [3.63, 3.8) is 0 Å². The predicted octanol–water partition coefficient (Wildman–Crippen LogP) is 3.37. The highest BCUT2D eigenvalue weighted by Crippen LogP contribution is 2.24. The molecule has 0 saturated carbocycles. The minimum Gasteiger partial charge on any atom is -0.497 e. The third-order valence-electron chi connectivity index (χ3n) is 3.89. The summed E-state index contributed by atoms with van der Waals surface area (Å²) >= 11 is 1.56. The van der Waals surface area contributed by atoms with Crippen molar-refractivity contribution >= 4 is 17.7 Å². The molecule has 1 heterocycles. The number of hydrogen-bond acceptors (Lipinski definition) is 3. The largest absolute Gasteiger partial charge is 0.497 e. The summed E-state index contributed by atoms with van der Waals surface area (Å²) in [5.74, 6) is 1.49. The van der Waals surface area contributed by atoms with Gasteiger partial charge in [-0.25, -0.2) is 0 Å². The molecule has 1 aliphatic rings. The highest BCUT2D eigenvalue weighted by molar-refractivity contribution is 8.00. The van der Waals surface area contributed by atoms with E-state index in [2.05, 4.69) is 18.2 Å². The number of fused-ring (bicyclic) bond motifs is 1. The van der Waals surface area contributed by atoms with Crippen molar-refractivity contribution in [1.29, 1.82) is 0 Å². The zero-order chi connectivity index (χ0) is 15.4. The third kappa shape index (κ3) is 3.45. The van der Waals surface area contributed by atoms with Crippen LogP contribution in [0.15, 0.2) is 53.4 Å². The lowest BCUT2D eigenvalue weighted by atomic mass is 10.00. The minimum absolute atomic E-state index is 0.197. The molecule has 3 rings (SSSR count). The Balaban J connectivity index is 1.59. The summed E-state index contributed by atoms with van der Waals surface area (Å²) in [6.45, 7) is 1.54. The van der Waals surface area contributed by atoms with E-state index in [9.17, 15) is 4.79 Å². The Hall–Kier alpha value is -1.94. The molecule has 2 aromatic carbocycles.